The van der Waals surface area contributed by atoms with Gasteiger partial charge in [-0.2, -0.15) is 0 Å². The topological polar surface area (TPSA) is 12.9 Å². The Labute approximate surface area is 166 Å². The van der Waals surface area contributed by atoms with Gasteiger partial charge in [0.15, 0.2) is 0 Å². The van der Waals surface area contributed by atoms with Gasteiger partial charge < -0.3 is 0 Å². The van der Waals surface area contributed by atoms with Crippen LogP contribution in [-0.4, -0.2) is 10.3 Å². The molecule has 0 saturated carbocycles. The van der Waals surface area contributed by atoms with E-state index in [1.165, 1.54) is 108 Å². The predicted molar refractivity (Wildman–Crippen MR) is 118 cm³/mol. The first-order valence-corrected chi connectivity index (χ1v) is 11.9. The van der Waals surface area contributed by atoms with Crippen LogP contribution in [0, 0.1) is 0 Å². The highest BCUT2D eigenvalue weighted by molar-refractivity contribution is 9.09. The zero-order chi connectivity index (χ0) is 18.3. The van der Waals surface area contributed by atoms with Crippen molar-refractivity contribution in [2.24, 2.45) is 0 Å². The Morgan fingerprint density at radius 2 is 0.880 bits per heavy atom. The molecule has 0 spiro atoms. The van der Waals surface area contributed by atoms with Gasteiger partial charge in [0.2, 0.25) is 0 Å². The van der Waals surface area contributed by atoms with Gasteiger partial charge in [-0.3, -0.25) is 4.98 Å². The summed E-state index contributed by atoms with van der Waals surface area (Å²) in [5.74, 6) is 0. The highest BCUT2D eigenvalue weighted by Gasteiger charge is 1.94. The lowest BCUT2D eigenvalue weighted by Crippen LogP contribution is -1.83. The molecule has 0 saturated heterocycles. The third-order valence-corrected chi connectivity index (χ3v) is 5.11. The average molecular weight is 412 g/mol. The Hall–Kier alpha value is -0.370. The van der Waals surface area contributed by atoms with Crippen LogP contribution in [0.25, 0.3) is 0 Å². The normalized spacial score (nSPS) is 10.3. The summed E-state index contributed by atoms with van der Waals surface area (Å²) < 4.78 is 0. The standard InChI is InChI=1S/C18H37Br.C5H5N/c1-2-3-4-5-6-7-8-9-10-11-12-13-14-15-16-17-18-19;1-2-4-6-5-3-1/h2-18H2,1H3;1-5H. The van der Waals surface area contributed by atoms with Gasteiger partial charge in [0.1, 0.15) is 0 Å². The van der Waals surface area contributed by atoms with E-state index in [0.29, 0.717) is 0 Å². The average Bonchev–Trinajstić information content (AvgIpc) is 2.67. The Balaban J connectivity index is 0.000000796. The molecule has 1 aromatic heterocycles. The Kier molecular flexibility index (Phi) is 23.3. The minimum absolute atomic E-state index is 1.19. The van der Waals surface area contributed by atoms with Gasteiger partial charge in [0.25, 0.3) is 0 Å². The number of alkyl halides is 1. The Morgan fingerprint density at radius 1 is 0.520 bits per heavy atom. The summed E-state index contributed by atoms with van der Waals surface area (Å²) in [5.41, 5.74) is 0. The molecule has 1 aromatic rings. The van der Waals surface area contributed by atoms with Crippen molar-refractivity contribution in [1.29, 1.82) is 0 Å². The minimum Gasteiger partial charge on any atom is -0.265 e. The molecule has 0 fully saturated rings. The van der Waals surface area contributed by atoms with E-state index < -0.39 is 0 Å². The third kappa shape index (κ3) is 23.6. The molecule has 0 radical (unpaired) electrons. The third-order valence-electron chi connectivity index (χ3n) is 4.55. The number of hydrogen-bond donors (Lipinski definition) is 0. The maximum absolute atomic E-state index is 3.78. The smallest absolute Gasteiger partial charge is 0.0267 e. The molecule has 0 N–H and O–H groups in total. The molecular formula is C23H42BrN. The quantitative estimate of drug-likeness (QED) is 0.195. The highest BCUT2D eigenvalue weighted by Crippen LogP contribution is 2.13. The summed E-state index contributed by atoms with van der Waals surface area (Å²) in [4.78, 5) is 3.78. The van der Waals surface area contributed by atoms with E-state index in [1.807, 2.05) is 18.2 Å². The first-order chi connectivity index (χ1) is 12.4. The lowest BCUT2D eigenvalue weighted by molar-refractivity contribution is 0.532. The van der Waals surface area contributed by atoms with Gasteiger partial charge in [-0.25, -0.2) is 0 Å². The lowest BCUT2D eigenvalue weighted by atomic mass is 10.0. The van der Waals surface area contributed by atoms with Gasteiger partial charge in [-0.1, -0.05) is 125 Å². The molecular weight excluding hydrogens is 370 g/mol. The van der Waals surface area contributed by atoms with Gasteiger partial charge in [0.05, 0.1) is 0 Å². The maximum Gasteiger partial charge on any atom is 0.0267 e. The number of halogens is 1. The molecule has 146 valence electrons. The zero-order valence-electron chi connectivity index (χ0n) is 16.7. The molecule has 1 rings (SSSR count). The maximum atomic E-state index is 3.78. The van der Waals surface area contributed by atoms with Gasteiger partial charge >= 0.3 is 0 Å². The van der Waals surface area contributed by atoms with E-state index in [9.17, 15) is 0 Å². The summed E-state index contributed by atoms with van der Waals surface area (Å²) in [6, 6.07) is 5.72. The van der Waals surface area contributed by atoms with Crippen molar-refractivity contribution in [2.75, 3.05) is 5.33 Å². The van der Waals surface area contributed by atoms with Crippen molar-refractivity contribution in [2.45, 2.75) is 110 Å². The van der Waals surface area contributed by atoms with Crippen molar-refractivity contribution < 1.29 is 0 Å². The molecule has 0 atom stereocenters. The van der Waals surface area contributed by atoms with Crippen molar-refractivity contribution >= 4 is 15.9 Å². The second-order valence-electron chi connectivity index (χ2n) is 7.02. The first-order valence-electron chi connectivity index (χ1n) is 10.8. The van der Waals surface area contributed by atoms with Crippen molar-refractivity contribution in [3.8, 4) is 0 Å². The number of unbranched alkanes of at least 4 members (excludes halogenated alkanes) is 15. The van der Waals surface area contributed by atoms with Crippen molar-refractivity contribution in [1.82, 2.24) is 4.98 Å². The molecule has 0 aliphatic rings. The van der Waals surface area contributed by atoms with Crippen LogP contribution >= 0.6 is 15.9 Å². The molecule has 0 amide bonds. The van der Waals surface area contributed by atoms with Crippen molar-refractivity contribution in [3.05, 3.63) is 30.6 Å². The van der Waals surface area contributed by atoms with Gasteiger partial charge in [-0.15, -0.1) is 0 Å². The summed E-state index contributed by atoms with van der Waals surface area (Å²) in [5, 5.41) is 1.19. The van der Waals surface area contributed by atoms with E-state index in [1.54, 1.807) is 12.4 Å². The number of pyridine rings is 1. The monoisotopic (exact) mass is 411 g/mol. The summed E-state index contributed by atoms with van der Waals surface area (Å²) in [7, 11) is 0. The number of rotatable bonds is 16. The molecule has 0 aliphatic heterocycles. The summed E-state index contributed by atoms with van der Waals surface area (Å²) >= 11 is 3.49. The fourth-order valence-corrected chi connectivity index (χ4v) is 3.35. The van der Waals surface area contributed by atoms with E-state index >= 15 is 0 Å². The SMILES string of the molecule is CCCCCCCCCCCCCCCCCCBr.c1ccncc1. The second-order valence-corrected chi connectivity index (χ2v) is 7.81. The van der Waals surface area contributed by atoms with E-state index in [-0.39, 0.29) is 0 Å². The molecule has 2 heteroatoms. The molecule has 0 aromatic carbocycles. The minimum atomic E-state index is 1.19. The van der Waals surface area contributed by atoms with Crippen LogP contribution in [0.1, 0.15) is 110 Å². The zero-order valence-corrected chi connectivity index (χ0v) is 18.3. The molecule has 25 heavy (non-hydrogen) atoms. The summed E-state index contributed by atoms with van der Waals surface area (Å²) in [6.45, 7) is 2.29. The Morgan fingerprint density at radius 3 is 1.12 bits per heavy atom. The Bertz CT molecular complexity index is 272. The van der Waals surface area contributed by atoms with Gasteiger partial charge in [0, 0.05) is 17.7 Å². The van der Waals surface area contributed by atoms with Crippen LogP contribution in [0.2, 0.25) is 0 Å². The lowest BCUT2D eigenvalue weighted by Gasteiger charge is -2.03. The van der Waals surface area contributed by atoms with Crippen molar-refractivity contribution in [3.63, 3.8) is 0 Å². The molecule has 1 nitrogen and oxygen atoms in total. The predicted octanol–water partition coefficient (Wildman–Crippen LogP) is 8.72. The first kappa shape index (κ1) is 24.6. The largest absolute Gasteiger partial charge is 0.265 e. The van der Waals surface area contributed by atoms with E-state index in [2.05, 4.69) is 27.8 Å². The highest BCUT2D eigenvalue weighted by atomic mass is 79.9. The van der Waals surface area contributed by atoms with Crippen LogP contribution in [0.15, 0.2) is 30.6 Å². The fraction of sp³-hybridized carbons (Fsp3) is 0.783. The van der Waals surface area contributed by atoms with Crippen LogP contribution in [-0.2, 0) is 0 Å². The number of hydrogen-bond acceptors (Lipinski definition) is 1. The molecule has 0 aliphatic carbocycles. The van der Waals surface area contributed by atoms with Crippen LogP contribution < -0.4 is 0 Å². The number of nitrogens with zero attached hydrogens (tertiary/aromatic N) is 1. The number of aromatic nitrogens is 1. The van der Waals surface area contributed by atoms with E-state index in [4.69, 9.17) is 0 Å². The molecule has 1 heterocycles. The summed E-state index contributed by atoms with van der Waals surface area (Å²) in [6.07, 6.45) is 26.8. The van der Waals surface area contributed by atoms with E-state index in [0.717, 1.165) is 0 Å². The van der Waals surface area contributed by atoms with Crippen LogP contribution in [0.4, 0.5) is 0 Å². The fourth-order valence-electron chi connectivity index (χ4n) is 2.96. The molecule has 0 bridgehead atoms. The second kappa shape index (κ2) is 23.6. The van der Waals surface area contributed by atoms with Gasteiger partial charge in [-0.05, 0) is 18.6 Å². The van der Waals surface area contributed by atoms with Crippen LogP contribution in [0.5, 0.6) is 0 Å². The molecule has 0 unspecified atom stereocenters. The van der Waals surface area contributed by atoms with Crippen LogP contribution in [0.3, 0.4) is 0 Å².